The number of nitrogens with zero attached hydrogens (tertiary/aromatic N) is 4. The van der Waals surface area contributed by atoms with Crippen molar-refractivity contribution in [2.24, 2.45) is 17.8 Å². The van der Waals surface area contributed by atoms with E-state index in [0.717, 1.165) is 42.6 Å². The first-order valence-electron chi connectivity index (χ1n) is 10.4. The Morgan fingerprint density at radius 3 is 2.38 bits per heavy atom. The lowest BCUT2D eigenvalue weighted by atomic mass is 9.53. The van der Waals surface area contributed by atoms with Crippen LogP contribution in [0, 0.1) is 17.8 Å². The van der Waals surface area contributed by atoms with Gasteiger partial charge in [0, 0.05) is 11.1 Å². The molecule has 1 aromatic carbocycles. The number of carbonyl (C=O) groups is 2. The minimum atomic E-state index is -0.553. The van der Waals surface area contributed by atoms with Gasteiger partial charge in [0.1, 0.15) is 0 Å². The van der Waals surface area contributed by atoms with E-state index in [2.05, 4.69) is 20.7 Å². The molecule has 4 fully saturated rings. The number of esters is 1. The highest BCUT2D eigenvalue weighted by Crippen LogP contribution is 2.55. The monoisotopic (exact) mass is 395 g/mol. The second-order valence-corrected chi connectivity index (χ2v) is 8.92. The van der Waals surface area contributed by atoms with Crippen molar-refractivity contribution < 1.29 is 14.3 Å². The van der Waals surface area contributed by atoms with E-state index in [1.54, 1.807) is 0 Å². The van der Waals surface area contributed by atoms with Crippen LogP contribution >= 0.6 is 0 Å². The number of hydrogen-bond acceptors (Lipinski definition) is 6. The van der Waals surface area contributed by atoms with Gasteiger partial charge in [-0.05, 0) is 61.5 Å². The summed E-state index contributed by atoms with van der Waals surface area (Å²) in [7, 11) is 0. The molecule has 4 saturated carbocycles. The third-order valence-corrected chi connectivity index (χ3v) is 6.56. The second kappa shape index (κ2) is 7.24. The third kappa shape index (κ3) is 3.88. The van der Waals surface area contributed by atoms with Gasteiger partial charge in [-0.3, -0.25) is 4.79 Å². The summed E-state index contributed by atoms with van der Waals surface area (Å²) in [5, 5.41) is 15.2. The molecule has 4 bridgehead atoms. The molecule has 0 saturated heterocycles. The molecule has 0 radical (unpaired) electrons. The molecule has 6 rings (SSSR count). The highest BCUT2D eigenvalue weighted by atomic mass is 16.5. The summed E-state index contributed by atoms with van der Waals surface area (Å²) in [6.45, 7) is -0.439. The Morgan fingerprint density at radius 1 is 1.07 bits per heavy atom. The zero-order valence-corrected chi connectivity index (χ0v) is 16.3. The summed E-state index contributed by atoms with van der Waals surface area (Å²) >= 11 is 0. The van der Waals surface area contributed by atoms with Crippen molar-refractivity contribution in [3.05, 3.63) is 30.3 Å². The van der Waals surface area contributed by atoms with Crippen LogP contribution in [0.25, 0.3) is 11.4 Å². The van der Waals surface area contributed by atoms with Gasteiger partial charge in [-0.2, -0.15) is 4.80 Å². The minimum Gasteiger partial charge on any atom is -0.454 e. The van der Waals surface area contributed by atoms with Crippen molar-refractivity contribution in [2.45, 2.75) is 50.6 Å². The van der Waals surface area contributed by atoms with Crippen molar-refractivity contribution in [1.82, 2.24) is 25.5 Å². The normalized spacial score (nSPS) is 29.6. The van der Waals surface area contributed by atoms with Crippen LogP contribution < -0.4 is 5.32 Å². The van der Waals surface area contributed by atoms with E-state index in [1.165, 1.54) is 24.1 Å². The predicted octanol–water partition coefficient (Wildman–Crippen LogP) is 1.97. The molecule has 2 aromatic rings. The van der Waals surface area contributed by atoms with Crippen molar-refractivity contribution in [3.63, 3.8) is 0 Å². The Labute approximate surface area is 169 Å². The topological polar surface area (TPSA) is 99.0 Å². The Hall–Kier alpha value is -2.77. The highest BCUT2D eigenvalue weighted by molar-refractivity contribution is 5.81. The molecule has 152 valence electrons. The molecule has 0 atom stereocenters. The Balaban J connectivity index is 1.12. The van der Waals surface area contributed by atoms with E-state index < -0.39 is 5.97 Å². The third-order valence-electron chi connectivity index (χ3n) is 6.56. The summed E-state index contributed by atoms with van der Waals surface area (Å²) in [5.74, 6) is 1.93. The van der Waals surface area contributed by atoms with E-state index in [4.69, 9.17) is 4.74 Å². The van der Waals surface area contributed by atoms with Crippen molar-refractivity contribution in [2.75, 3.05) is 6.61 Å². The molecular formula is C21H25N5O3. The first kappa shape index (κ1) is 18.3. The summed E-state index contributed by atoms with van der Waals surface area (Å²) < 4.78 is 5.16. The van der Waals surface area contributed by atoms with Crippen LogP contribution in [0.1, 0.15) is 38.5 Å². The van der Waals surface area contributed by atoms with Gasteiger partial charge >= 0.3 is 5.97 Å². The standard InChI is InChI=1S/C21H25N5O3/c27-18(22-21-9-14-6-15(10-21)8-16(7-14)11-21)13-29-19(28)12-26-24-20(23-25-26)17-4-2-1-3-5-17/h1-5,14-16H,6-13H2,(H,22,27). The first-order valence-corrected chi connectivity index (χ1v) is 10.4. The quantitative estimate of drug-likeness (QED) is 0.751. The maximum atomic E-state index is 12.4. The average molecular weight is 395 g/mol. The molecule has 0 aliphatic heterocycles. The van der Waals surface area contributed by atoms with Crippen LogP contribution in [-0.4, -0.2) is 44.2 Å². The Bertz CT molecular complexity index is 875. The maximum Gasteiger partial charge on any atom is 0.330 e. The number of hydrogen-bond donors (Lipinski definition) is 1. The van der Waals surface area contributed by atoms with Crippen LogP contribution in [0.15, 0.2) is 30.3 Å². The van der Waals surface area contributed by atoms with Crippen LogP contribution in [-0.2, 0) is 20.9 Å². The number of aromatic nitrogens is 4. The maximum absolute atomic E-state index is 12.4. The van der Waals surface area contributed by atoms with E-state index >= 15 is 0 Å². The zero-order valence-electron chi connectivity index (χ0n) is 16.3. The number of tetrazole rings is 1. The van der Waals surface area contributed by atoms with Gasteiger partial charge in [0.05, 0.1) is 0 Å². The van der Waals surface area contributed by atoms with Crippen LogP contribution in [0.5, 0.6) is 0 Å². The fraction of sp³-hybridized carbons (Fsp3) is 0.571. The number of ether oxygens (including phenoxy) is 1. The van der Waals surface area contributed by atoms with Crippen LogP contribution in [0.3, 0.4) is 0 Å². The molecule has 8 heteroatoms. The fourth-order valence-corrected chi connectivity index (χ4v) is 5.92. The molecule has 4 aliphatic rings. The average Bonchev–Trinajstić information content (AvgIpc) is 3.14. The van der Waals surface area contributed by atoms with E-state index in [0.29, 0.717) is 5.82 Å². The molecule has 0 unspecified atom stereocenters. The van der Waals surface area contributed by atoms with Crippen molar-refractivity contribution in [1.29, 1.82) is 0 Å². The largest absolute Gasteiger partial charge is 0.454 e. The molecule has 8 nitrogen and oxygen atoms in total. The summed E-state index contributed by atoms with van der Waals surface area (Å²) in [4.78, 5) is 25.7. The fourth-order valence-electron chi connectivity index (χ4n) is 5.92. The molecule has 1 amide bonds. The number of carbonyl (C=O) groups excluding carboxylic acids is 2. The molecule has 1 N–H and O–H groups in total. The van der Waals surface area contributed by atoms with Gasteiger partial charge in [0.15, 0.2) is 13.2 Å². The smallest absolute Gasteiger partial charge is 0.330 e. The van der Waals surface area contributed by atoms with Crippen molar-refractivity contribution in [3.8, 4) is 11.4 Å². The van der Waals surface area contributed by atoms with Gasteiger partial charge < -0.3 is 10.1 Å². The van der Waals surface area contributed by atoms with E-state index in [1.807, 2.05) is 30.3 Å². The SMILES string of the molecule is O=C(COC(=O)Cn1nnc(-c2ccccc2)n1)NC12CC3CC(CC(C3)C1)C2. The van der Waals surface area contributed by atoms with Gasteiger partial charge in [-0.15, -0.1) is 10.2 Å². The van der Waals surface area contributed by atoms with E-state index in [-0.39, 0.29) is 24.6 Å². The lowest BCUT2D eigenvalue weighted by Gasteiger charge is -2.56. The second-order valence-electron chi connectivity index (χ2n) is 8.92. The zero-order chi connectivity index (χ0) is 19.8. The summed E-state index contributed by atoms with van der Waals surface area (Å²) in [6.07, 6.45) is 7.18. The molecule has 1 aromatic heterocycles. The minimum absolute atomic E-state index is 0.0731. The Kier molecular flexibility index (Phi) is 4.56. The molecule has 1 heterocycles. The number of rotatable bonds is 6. The van der Waals surface area contributed by atoms with Gasteiger partial charge in [-0.25, -0.2) is 4.79 Å². The number of benzene rings is 1. The van der Waals surface area contributed by atoms with E-state index in [9.17, 15) is 9.59 Å². The Morgan fingerprint density at radius 2 is 1.72 bits per heavy atom. The lowest BCUT2D eigenvalue weighted by molar-refractivity contribution is -0.151. The number of amides is 1. The lowest BCUT2D eigenvalue weighted by Crippen LogP contribution is -2.60. The van der Waals surface area contributed by atoms with Gasteiger partial charge in [0.25, 0.3) is 5.91 Å². The molecule has 29 heavy (non-hydrogen) atoms. The first-order chi connectivity index (χ1) is 14.1. The predicted molar refractivity (Wildman–Crippen MR) is 103 cm³/mol. The van der Waals surface area contributed by atoms with Crippen LogP contribution in [0.4, 0.5) is 0 Å². The number of nitrogens with one attached hydrogen (secondary N) is 1. The highest BCUT2D eigenvalue weighted by Gasteiger charge is 2.51. The molecule has 0 spiro atoms. The summed E-state index contributed by atoms with van der Waals surface area (Å²) in [6, 6.07) is 9.40. The van der Waals surface area contributed by atoms with Gasteiger partial charge in [0.2, 0.25) is 5.82 Å². The van der Waals surface area contributed by atoms with Crippen LogP contribution in [0.2, 0.25) is 0 Å². The summed E-state index contributed by atoms with van der Waals surface area (Å²) in [5.41, 5.74) is 0.748. The molecular weight excluding hydrogens is 370 g/mol. The molecule has 4 aliphatic carbocycles. The van der Waals surface area contributed by atoms with Gasteiger partial charge in [-0.1, -0.05) is 30.3 Å². The van der Waals surface area contributed by atoms with Crippen molar-refractivity contribution >= 4 is 11.9 Å².